The molecule has 0 spiro atoms. The first-order valence-corrected chi connectivity index (χ1v) is 12.4. The third-order valence-electron chi connectivity index (χ3n) is 6.47. The van der Waals surface area contributed by atoms with Crippen molar-refractivity contribution in [3.8, 4) is 22.6 Å². The Bertz CT molecular complexity index is 1260. The number of aromatic nitrogens is 4. The van der Waals surface area contributed by atoms with Gasteiger partial charge in [0.15, 0.2) is 5.82 Å². The van der Waals surface area contributed by atoms with Crippen molar-refractivity contribution >= 4 is 11.9 Å². The van der Waals surface area contributed by atoms with Gasteiger partial charge in [0.1, 0.15) is 5.82 Å². The number of anilines is 1. The summed E-state index contributed by atoms with van der Waals surface area (Å²) in [4.78, 5) is 31.6. The second kappa shape index (κ2) is 10.2. The predicted octanol–water partition coefficient (Wildman–Crippen LogP) is 3.14. The van der Waals surface area contributed by atoms with Gasteiger partial charge in [-0.25, -0.2) is 19.3 Å². The zero-order chi connectivity index (χ0) is 26.2. The van der Waals surface area contributed by atoms with Crippen molar-refractivity contribution in [1.82, 2.24) is 24.8 Å². The van der Waals surface area contributed by atoms with E-state index in [1.807, 2.05) is 13.8 Å². The van der Waals surface area contributed by atoms with E-state index in [4.69, 9.17) is 14.5 Å². The molecular weight excluding hydrogens is 479 g/mol. The predicted molar refractivity (Wildman–Crippen MR) is 134 cm³/mol. The van der Waals surface area contributed by atoms with Gasteiger partial charge >= 0.3 is 0 Å². The molecule has 1 aromatic carbocycles. The highest BCUT2D eigenvalue weighted by atomic mass is 19.1. The fourth-order valence-corrected chi connectivity index (χ4v) is 4.53. The number of H-pyrrole nitrogens is 1. The number of likely N-dealkylation sites (tertiary alicyclic amines) is 1. The van der Waals surface area contributed by atoms with Gasteiger partial charge in [0.25, 0.3) is 0 Å². The normalized spacial score (nSPS) is 24.0. The maximum Gasteiger partial charge on any atom is 0.233 e. The minimum absolute atomic E-state index is 0.0965. The van der Waals surface area contributed by atoms with Crippen molar-refractivity contribution in [1.29, 1.82) is 0 Å². The highest BCUT2D eigenvalue weighted by Gasteiger charge is 2.44. The van der Waals surface area contributed by atoms with Crippen molar-refractivity contribution in [2.75, 3.05) is 31.6 Å². The van der Waals surface area contributed by atoms with Crippen LogP contribution in [-0.2, 0) is 14.3 Å². The van der Waals surface area contributed by atoms with Gasteiger partial charge in [-0.1, -0.05) is 0 Å². The van der Waals surface area contributed by atoms with Crippen molar-refractivity contribution in [2.45, 2.75) is 45.6 Å². The van der Waals surface area contributed by atoms with Gasteiger partial charge in [0.05, 0.1) is 41.8 Å². The van der Waals surface area contributed by atoms with Crippen LogP contribution in [0, 0.1) is 11.2 Å². The number of ether oxygens (including phenoxy) is 2. The number of nitrogens with zero attached hydrogens (tertiary/aromatic N) is 4. The van der Waals surface area contributed by atoms with E-state index in [1.165, 1.54) is 12.1 Å². The molecule has 2 aliphatic rings. The molecule has 0 aliphatic carbocycles. The quantitative estimate of drug-likeness (QED) is 0.462. The molecule has 2 saturated heterocycles. The Morgan fingerprint density at radius 2 is 1.95 bits per heavy atom. The minimum atomic E-state index is -0.861. The van der Waals surface area contributed by atoms with Crippen LogP contribution in [0.3, 0.4) is 0 Å². The summed E-state index contributed by atoms with van der Waals surface area (Å²) >= 11 is 0. The molecule has 2 fully saturated rings. The van der Waals surface area contributed by atoms with Gasteiger partial charge in [0.2, 0.25) is 18.1 Å². The molecule has 37 heavy (non-hydrogen) atoms. The largest absolute Gasteiger partial charge is 0.391 e. The summed E-state index contributed by atoms with van der Waals surface area (Å²) in [5.41, 5.74) is 1.60. The van der Waals surface area contributed by atoms with Gasteiger partial charge < -0.3 is 29.8 Å². The lowest BCUT2D eigenvalue weighted by atomic mass is 9.90. The molecule has 0 bridgehead atoms. The summed E-state index contributed by atoms with van der Waals surface area (Å²) in [6, 6.07) is 7.96. The third-order valence-corrected chi connectivity index (χ3v) is 6.47. The number of nitrogens with one attached hydrogen (secondary N) is 2. The van der Waals surface area contributed by atoms with Crippen LogP contribution in [0.15, 0.2) is 36.5 Å². The number of aliphatic hydroxyl groups excluding tert-OH is 1. The number of halogens is 1. The van der Waals surface area contributed by atoms with Crippen molar-refractivity contribution in [3.05, 3.63) is 48.2 Å². The summed E-state index contributed by atoms with van der Waals surface area (Å²) in [5.74, 6) is 0.443. The molecule has 3 aromatic rings. The van der Waals surface area contributed by atoms with E-state index < -0.39 is 17.8 Å². The van der Waals surface area contributed by atoms with Crippen molar-refractivity contribution in [3.63, 3.8) is 0 Å². The first-order valence-electron chi connectivity index (χ1n) is 12.4. The lowest BCUT2D eigenvalue weighted by Crippen LogP contribution is -2.49. The number of aromatic amines is 1. The van der Waals surface area contributed by atoms with Crippen LogP contribution >= 0.6 is 0 Å². The van der Waals surface area contributed by atoms with Gasteiger partial charge in [-0.05, 0) is 57.5 Å². The van der Waals surface area contributed by atoms with E-state index in [0.29, 0.717) is 53.9 Å². The molecule has 2 aromatic heterocycles. The second-order valence-corrected chi connectivity index (χ2v) is 10.1. The SMILES string of the molecule is CC(C)Nc1nccc(-c2[nH]c(C3OCC(C)(C(=O)N4CCC(O)C4)CO3)nc2-c2ccc(F)cc2)n1. The Hall–Kier alpha value is -3.41. The molecule has 3 N–H and O–H groups in total. The summed E-state index contributed by atoms with van der Waals surface area (Å²) in [5, 5.41) is 13.0. The fraction of sp³-hybridized carbons (Fsp3) is 0.462. The zero-order valence-corrected chi connectivity index (χ0v) is 21.1. The van der Waals surface area contributed by atoms with E-state index in [9.17, 15) is 14.3 Å². The van der Waals surface area contributed by atoms with Crippen LogP contribution in [-0.4, -0.2) is 74.3 Å². The topological polar surface area (TPSA) is 125 Å². The molecular formula is C26H31FN6O4. The monoisotopic (exact) mass is 510 g/mol. The number of rotatable bonds is 6. The number of amides is 1. The number of carbonyl (C=O) groups is 1. The fourth-order valence-electron chi connectivity index (χ4n) is 4.53. The number of benzene rings is 1. The Morgan fingerprint density at radius 1 is 1.22 bits per heavy atom. The molecule has 11 heteroatoms. The standard InChI is InChI=1S/C26H31FN6O4/c1-15(2)29-25-28-10-8-19(30-25)21-20(16-4-6-17(27)7-5-16)31-22(32-21)23-36-13-26(3,14-37-23)24(35)33-11-9-18(34)12-33/h4-8,10,15,18,23,34H,9,11-14H2,1-3H3,(H,31,32)(H,28,29,30). The molecule has 1 unspecified atom stereocenters. The van der Waals surface area contributed by atoms with Gasteiger partial charge in [-0.2, -0.15) is 0 Å². The molecule has 5 rings (SSSR count). The molecule has 0 saturated carbocycles. The minimum Gasteiger partial charge on any atom is -0.391 e. The maximum atomic E-state index is 13.6. The molecule has 1 amide bonds. The van der Waals surface area contributed by atoms with E-state index >= 15 is 0 Å². The van der Waals surface area contributed by atoms with Crippen LogP contribution in [0.2, 0.25) is 0 Å². The number of imidazole rings is 1. The van der Waals surface area contributed by atoms with Gasteiger partial charge in [0, 0.05) is 30.9 Å². The number of hydrogen-bond acceptors (Lipinski definition) is 8. The highest BCUT2D eigenvalue weighted by Crippen LogP contribution is 2.36. The average Bonchev–Trinajstić information content (AvgIpc) is 3.51. The average molecular weight is 511 g/mol. The number of carbonyl (C=O) groups excluding carboxylic acids is 1. The van der Waals surface area contributed by atoms with Gasteiger partial charge in [-0.3, -0.25) is 4.79 Å². The van der Waals surface area contributed by atoms with E-state index in [-0.39, 0.29) is 31.0 Å². The lowest BCUT2D eigenvalue weighted by molar-refractivity contribution is -0.234. The molecule has 10 nitrogen and oxygen atoms in total. The number of aliphatic hydroxyl groups is 1. The number of β-amino-alcohol motifs (C(OH)–C–C–N with tert-alkyl or cyclic N) is 1. The summed E-state index contributed by atoms with van der Waals surface area (Å²) < 4.78 is 25.6. The smallest absolute Gasteiger partial charge is 0.233 e. The Balaban J connectivity index is 1.42. The number of hydrogen-bond donors (Lipinski definition) is 3. The van der Waals surface area contributed by atoms with Crippen LogP contribution in [0.4, 0.5) is 10.3 Å². The second-order valence-electron chi connectivity index (χ2n) is 10.1. The van der Waals surface area contributed by atoms with E-state index in [0.717, 1.165) is 0 Å². The molecule has 4 heterocycles. The first-order chi connectivity index (χ1) is 17.7. The zero-order valence-electron chi connectivity index (χ0n) is 21.1. The Kier molecular flexibility index (Phi) is 6.93. The first kappa shape index (κ1) is 25.2. The summed E-state index contributed by atoms with van der Waals surface area (Å²) in [6.45, 7) is 6.92. The molecule has 0 radical (unpaired) electrons. The highest BCUT2D eigenvalue weighted by molar-refractivity contribution is 5.83. The molecule has 196 valence electrons. The van der Waals surface area contributed by atoms with E-state index in [1.54, 1.807) is 36.2 Å². The maximum absolute atomic E-state index is 13.6. The van der Waals surface area contributed by atoms with Crippen LogP contribution in [0.1, 0.15) is 39.3 Å². The Labute approximate surface area is 214 Å². The van der Waals surface area contributed by atoms with Crippen LogP contribution in [0.5, 0.6) is 0 Å². The summed E-state index contributed by atoms with van der Waals surface area (Å²) in [7, 11) is 0. The van der Waals surface area contributed by atoms with E-state index in [2.05, 4.69) is 20.3 Å². The van der Waals surface area contributed by atoms with Gasteiger partial charge in [-0.15, -0.1) is 0 Å². The van der Waals surface area contributed by atoms with Crippen molar-refractivity contribution in [2.24, 2.45) is 5.41 Å². The third kappa shape index (κ3) is 5.34. The van der Waals surface area contributed by atoms with Crippen LogP contribution < -0.4 is 5.32 Å². The van der Waals surface area contributed by atoms with Crippen LogP contribution in [0.25, 0.3) is 22.6 Å². The summed E-state index contributed by atoms with van der Waals surface area (Å²) in [6.07, 6.45) is 0.913. The Morgan fingerprint density at radius 3 is 2.59 bits per heavy atom. The molecule has 1 atom stereocenters. The van der Waals surface area contributed by atoms with Crippen molar-refractivity contribution < 1.29 is 23.8 Å². The lowest BCUT2D eigenvalue weighted by Gasteiger charge is -2.37. The molecule has 2 aliphatic heterocycles.